The van der Waals surface area contributed by atoms with Gasteiger partial charge in [-0.2, -0.15) is 0 Å². The van der Waals surface area contributed by atoms with Crippen molar-refractivity contribution in [2.24, 2.45) is 0 Å². The average molecular weight is 189 g/mol. The van der Waals surface area contributed by atoms with E-state index >= 15 is 0 Å². The highest BCUT2D eigenvalue weighted by molar-refractivity contribution is 5.81. The molecule has 0 bridgehead atoms. The lowest BCUT2D eigenvalue weighted by atomic mass is 10.1. The van der Waals surface area contributed by atoms with Crippen molar-refractivity contribution < 1.29 is 4.42 Å². The monoisotopic (exact) mass is 189 g/mol. The van der Waals surface area contributed by atoms with Crippen molar-refractivity contribution in [3.63, 3.8) is 0 Å². The van der Waals surface area contributed by atoms with Gasteiger partial charge in [0.2, 0.25) is 0 Å². The van der Waals surface area contributed by atoms with Crippen LogP contribution in [0.25, 0.3) is 11.0 Å². The third-order valence-corrected chi connectivity index (χ3v) is 2.34. The van der Waals surface area contributed by atoms with Gasteiger partial charge in [0.15, 0.2) is 5.88 Å². The van der Waals surface area contributed by atoms with Gasteiger partial charge in [0.25, 0.3) is 0 Å². The van der Waals surface area contributed by atoms with Gasteiger partial charge in [-0.1, -0.05) is 19.1 Å². The number of fused-ring (bicyclic) bond motifs is 1. The van der Waals surface area contributed by atoms with E-state index in [4.69, 9.17) is 4.42 Å². The SMILES string of the molecule is CCNc1cc2ccc(CC)cc2o1. The van der Waals surface area contributed by atoms with Gasteiger partial charge in [-0.3, -0.25) is 0 Å². The standard InChI is InChI=1S/C12H15NO/c1-3-9-5-6-10-8-12(13-4-2)14-11(10)7-9/h5-8,13H,3-4H2,1-2H3. The van der Waals surface area contributed by atoms with E-state index in [0.717, 1.165) is 29.8 Å². The Hall–Kier alpha value is -1.44. The lowest BCUT2D eigenvalue weighted by Gasteiger charge is -1.95. The molecule has 14 heavy (non-hydrogen) atoms. The lowest BCUT2D eigenvalue weighted by molar-refractivity contribution is 0.628. The van der Waals surface area contributed by atoms with Crippen LogP contribution in [0, 0.1) is 0 Å². The molecule has 0 fully saturated rings. The van der Waals surface area contributed by atoms with Crippen LogP contribution >= 0.6 is 0 Å². The summed E-state index contributed by atoms with van der Waals surface area (Å²) in [5, 5.41) is 4.33. The van der Waals surface area contributed by atoms with Crippen LogP contribution in [0.15, 0.2) is 28.7 Å². The number of furan rings is 1. The molecule has 74 valence electrons. The van der Waals surface area contributed by atoms with Crippen LogP contribution in [-0.4, -0.2) is 6.54 Å². The van der Waals surface area contributed by atoms with Gasteiger partial charge in [-0.05, 0) is 25.0 Å². The molecule has 2 heteroatoms. The quantitative estimate of drug-likeness (QED) is 0.800. The third-order valence-electron chi connectivity index (χ3n) is 2.34. The minimum absolute atomic E-state index is 0.857. The molecule has 0 saturated heterocycles. The van der Waals surface area contributed by atoms with Crippen LogP contribution in [-0.2, 0) is 6.42 Å². The van der Waals surface area contributed by atoms with Crippen LogP contribution in [0.3, 0.4) is 0 Å². The van der Waals surface area contributed by atoms with Crippen molar-refractivity contribution in [2.45, 2.75) is 20.3 Å². The predicted molar refractivity (Wildman–Crippen MR) is 59.8 cm³/mol. The van der Waals surface area contributed by atoms with E-state index in [0.29, 0.717) is 0 Å². The van der Waals surface area contributed by atoms with Gasteiger partial charge in [0.1, 0.15) is 5.58 Å². The first-order valence-corrected chi connectivity index (χ1v) is 5.09. The number of anilines is 1. The number of rotatable bonds is 3. The number of benzene rings is 1. The molecule has 1 heterocycles. The van der Waals surface area contributed by atoms with E-state index < -0.39 is 0 Å². The second-order valence-electron chi connectivity index (χ2n) is 3.37. The Bertz CT molecular complexity index is 431. The Morgan fingerprint density at radius 2 is 2.07 bits per heavy atom. The van der Waals surface area contributed by atoms with Crippen molar-refractivity contribution in [3.05, 3.63) is 29.8 Å². The molecule has 0 aliphatic carbocycles. The zero-order valence-corrected chi connectivity index (χ0v) is 8.63. The molecule has 0 saturated carbocycles. The van der Waals surface area contributed by atoms with Crippen LogP contribution < -0.4 is 5.32 Å². The highest BCUT2D eigenvalue weighted by Crippen LogP contribution is 2.24. The van der Waals surface area contributed by atoms with Gasteiger partial charge in [-0.15, -0.1) is 0 Å². The number of aryl methyl sites for hydroxylation is 1. The summed E-state index contributed by atoms with van der Waals surface area (Å²) in [4.78, 5) is 0. The second-order valence-corrected chi connectivity index (χ2v) is 3.37. The summed E-state index contributed by atoms with van der Waals surface area (Å²) in [6, 6.07) is 8.40. The molecular weight excluding hydrogens is 174 g/mol. The van der Waals surface area contributed by atoms with Crippen molar-refractivity contribution in [1.29, 1.82) is 0 Å². The molecule has 0 unspecified atom stereocenters. The molecule has 0 spiro atoms. The van der Waals surface area contributed by atoms with Gasteiger partial charge in [0.05, 0.1) is 0 Å². The zero-order chi connectivity index (χ0) is 9.97. The molecular formula is C12H15NO. The Labute approximate surface area is 83.9 Å². The first-order valence-electron chi connectivity index (χ1n) is 5.09. The highest BCUT2D eigenvalue weighted by Gasteiger charge is 2.02. The summed E-state index contributed by atoms with van der Waals surface area (Å²) >= 11 is 0. The maximum Gasteiger partial charge on any atom is 0.194 e. The Morgan fingerprint density at radius 1 is 1.21 bits per heavy atom. The van der Waals surface area contributed by atoms with Gasteiger partial charge in [0, 0.05) is 18.0 Å². The zero-order valence-electron chi connectivity index (χ0n) is 8.63. The topological polar surface area (TPSA) is 25.2 Å². The largest absolute Gasteiger partial charge is 0.441 e. The fraction of sp³-hybridized carbons (Fsp3) is 0.333. The summed E-state index contributed by atoms with van der Waals surface area (Å²) in [7, 11) is 0. The fourth-order valence-corrected chi connectivity index (χ4v) is 1.56. The summed E-state index contributed by atoms with van der Waals surface area (Å²) in [5.74, 6) is 0.857. The minimum Gasteiger partial charge on any atom is -0.441 e. The first kappa shape index (κ1) is 9.13. The average Bonchev–Trinajstić information content (AvgIpc) is 2.59. The van der Waals surface area contributed by atoms with Crippen molar-refractivity contribution in [3.8, 4) is 0 Å². The number of hydrogen-bond donors (Lipinski definition) is 1. The maximum atomic E-state index is 5.64. The smallest absolute Gasteiger partial charge is 0.194 e. The normalized spacial score (nSPS) is 10.7. The first-order chi connectivity index (χ1) is 6.83. The summed E-state index contributed by atoms with van der Waals surface area (Å²) in [5.41, 5.74) is 2.29. The van der Waals surface area contributed by atoms with E-state index in [2.05, 4.69) is 37.4 Å². The Balaban J connectivity index is 2.43. The molecule has 1 aromatic carbocycles. The Kier molecular flexibility index (Phi) is 2.44. The van der Waals surface area contributed by atoms with E-state index in [1.165, 1.54) is 5.56 Å². The summed E-state index contributed by atoms with van der Waals surface area (Å²) in [6.07, 6.45) is 1.05. The van der Waals surface area contributed by atoms with Crippen LogP contribution in [0.2, 0.25) is 0 Å². The van der Waals surface area contributed by atoms with Crippen molar-refractivity contribution >= 4 is 16.9 Å². The van der Waals surface area contributed by atoms with Gasteiger partial charge < -0.3 is 9.73 Å². The van der Waals surface area contributed by atoms with E-state index in [1.54, 1.807) is 0 Å². The molecule has 2 nitrogen and oxygen atoms in total. The number of nitrogens with one attached hydrogen (secondary N) is 1. The fourth-order valence-electron chi connectivity index (χ4n) is 1.56. The van der Waals surface area contributed by atoms with E-state index in [9.17, 15) is 0 Å². The molecule has 2 aromatic rings. The third kappa shape index (κ3) is 1.60. The summed E-state index contributed by atoms with van der Waals surface area (Å²) < 4.78 is 5.64. The molecule has 0 aliphatic heterocycles. The molecule has 0 radical (unpaired) electrons. The molecule has 0 amide bonds. The number of hydrogen-bond acceptors (Lipinski definition) is 2. The van der Waals surface area contributed by atoms with Gasteiger partial charge >= 0.3 is 0 Å². The molecule has 1 N–H and O–H groups in total. The summed E-state index contributed by atoms with van der Waals surface area (Å²) in [6.45, 7) is 5.10. The maximum absolute atomic E-state index is 5.64. The minimum atomic E-state index is 0.857. The Morgan fingerprint density at radius 3 is 2.79 bits per heavy atom. The molecule has 2 rings (SSSR count). The molecule has 1 aromatic heterocycles. The molecule has 0 atom stereocenters. The van der Waals surface area contributed by atoms with Crippen molar-refractivity contribution in [2.75, 3.05) is 11.9 Å². The predicted octanol–water partition coefficient (Wildman–Crippen LogP) is 3.43. The van der Waals surface area contributed by atoms with Gasteiger partial charge in [-0.25, -0.2) is 0 Å². The van der Waals surface area contributed by atoms with E-state index in [-0.39, 0.29) is 0 Å². The second kappa shape index (κ2) is 3.74. The highest BCUT2D eigenvalue weighted by atomic mass is 16.3. The van der Waals surface area contributed by atoms with Crippen LogP contribution in [0.5, 0.6) is 0 Å². The van der Waals surface area contributed by atoms with E-state index in [1.807, 2.05) is 6.07 Å². The molecule has 0 aliphatic rings. The van der Waals surface area contributed by atoms with Crippen molar-refractivity contribution in [1.82, 2.24) is 0 Å². The lowest BCUT2D eigenvalue weighted by Crippen LogP contribution is -1.93. The van der Waals surface area contributed by atoms with Crippen LogP contribution in [0.4, 0.5) is 5.88 Å². The van der Waals surface area contributed by atoms with Crippen LogP contribution in [0.1, 0.15) is 19.4 Å².